The van der Waals surface area contributed by atoms with E-state index in [0.717, 1.165) is 4.90 Å². The van der Waals surface area contributed by atoms with Crippen molar-refractivity contribution in [3.8, 4) is 11.5 Å². The number of ether oxygens (including phenoxy) is 2. The fourth-order valence-electron chi connectivity index (χ4n) is 2.72. The van der Waals surface area contributed by atoms with E-state index in [4.69, 9.17) is 21.1 Å². The number of nitrogens with zero attached hydrogens (tertiary/aromatic N) is 1. The maximum atomic E-state index is 12.9. The third-order valence-electron chi connectivity index (χ3n) is 3.99. The number of urea groups is 1. The van der Waals surface area contributed by atoms with Gasteiger partial charge in [0.2, 0.25) is 0 Å². The maximum absolute atomic E-state index is 12.9. The summed E-state index contributed by atoms with van der Waals surface area (Å²) in [6.07, 6.45) is 1.38. The molecule has 144 valence electrons. The first-order valence-electron chi connectivity index (χ1n) is 8.43. The van der Waals surface area contributed by atoms with Crippen LogP contribution < -0.4 is 19.7 Å². The normalized spacial score (nSPS) is 15.6. The highest BCUT2D eigenvalue weighted by Gasteiger charge is 2.37. The first-order chi connectivity index (χ1) is 13.5. The van der Waals surface area contributed by atoms with Crippen LogP contribution in [0, 0.1) is 0 Å². The van der Waals surface area contributed by atoms with E-state index in [1.807, 2.05) is 6.92 Å². The standard InChI is InChI=1S/C20H17ClN2O5/c1-3-28-16-9-8-12(11-17(16)27-2)10-13-18(24)22-20(26)23(19(13)25)15-7-5-4-6-14(15)21/h4-11H,3H2,1-2H3,(H,22,24,26)/b13-10+. The van der Waals surface area contributed by atoms with Gasteiger partial charge in [0.1, 0.15) is 5.57 Å². The fourth-order valence-corrected chi connectivity index (χ4v) is 2.94. The highest BCUT2D eigenvalue weighted by atomic mass is 35.5. The highest BCUT2D eigenvalue weighted by Crippen LogP contribution is 2.31. The van der Waals surface area contributed by atoms with Gasteiger partial charge >= 0.3 is 6.03 Å². The van der Waals surface area contributed by atoms with Crippen LogP contribution in [0.2, 0.25) is 5.02 Å². The molecule has 0 radical (unpaired) electrons. The number of para-hydroxylation sites is 1. The van der Waals surface area contributed by atoms with Gasteiger partial charge in [-0.15, -0.1) is 0 Å². The largest absolute Gasteiger partial charge is 0.493 e. The van der Waals surface area contributed by atoms with Crippen molar-refractivity contribution in [1.82, 2.24) is 5.32 Å². The summed E-state index contributed by atoms with van der Waals surface area (Å²) < 4.78 is 10.7. The number of anilines is 1. The minimum Gasteiger partial charge on any atom is -0.493 e. The van der Waals surface area contributed by atoms with Crippen molar-refractivity contribution in [3.63, 3.8) is 0 Å². The Hall–Kier alpha value is -3.32. The Morgan fingerprint density at radius 3 is 2.54 bits per heavy atom. The van der Waals surface area contributed by atoms with Gasteiger partial charge < -0.3 is 9.47 Å². The lowest BCUT2D eigenvalue weighted by Gasteiger charge is -2.27. The molecule has 1 N–H and O–H groups in total. The lowest BCUT2D eigenvalue weighted by molar-refractivity contribution is -0.122. The van der Waals surface area contributed by atoms with E-state index < -0.39 is 17.8 Å². The van der Waals surface area contributed by atoms with Crippen LogP contribution in [0.3, 0.4) is 0 Å². The van der Waals surface area contributed by atoms with Crippen LogP contribution >= 0.6 is 11.6 Å². The minimum atomic E-state index is -0.857. The molecule has 0 aromatic heterocycles. The van der Waals surface area contributed by atoms with Gasteiger partial charge in [0.05, 0.1) is 24.4 Å². The molecule has 4 amide bonds. The van der Waals surface area contributed by atoms with Crippen molar-refractivity contribution in [3.05, 3.63) is 58.6 Å². The van der Waals surface area contributed by atoms with Gasteiger partial charge in [0.25, 0.3) is 11.8 Å². The number of methoxy groups -OCH3 is 1. The molecular weight excluding hydrogens is 384 g/mol. The van der Waals surface area contributed by atoms with Gasteiger partial charge in [-0.2, -0.15) is 0 Å². The van der Waals surface area contributed by atoms with Gasteiger partial charge in [-0.25, -0.2) is 9.69 Å². The van der Waals surface area contributed by atoms with Crippen LogP contribution in [-0.4, -0.2) is 31.6 Å². The molecule has 0 spiro atoms. The van der Waals surface area contributed by atoms with Crippen molar-refractivity contribution in [2.75, 3.05) is 18.6 Å². The van der Waals surface area contributed by atoms with E-state index in [9.17, 15) is 14.4 Å². The smallest absolute Gasteiger partial charge is 0.335 e. The molecule has 3 rings (SSSR count). The van der Waals surface area contributed by atoms with Crippen molar-refractivity contribution in [2.45, 2.75) is 6.92 Å². The fraction of sp³-hybridized carbons (Fsp3) is 0.150. The number of hydrogen-bond acceptors (Lipinski definition) is 5. The lowest BCUT2D eigenvalue weighted by atomic mass is 10.1. The van der Waals surface area contributed by atoms with Crippen LogP contribution in [0.4, 0.5) is 10.5 Å². The van der Waals surface area contributed by atoms with Gasteiger partial charge in [-0.05, 0) is 42.8 Å². The van der Waals surface area contributed by atoms with Crippen LogP contribution in [0.25, 0.3) is 6.08 Å². The Morgan fingerprint density at radius 1 is 1.11 bits per heavy atom. The number of imide groups is 2. The molecule has 0 atom stereocenters. The lowest BCUT2D eigenvalue weighted by Crippen LogP contribution is -2.54. The van der Waals surface area contributed by atoms with Gasteiger partial charge in [-0.1, -0.05) is 29.8 Å². The molecular formula is C20H17ClN2O5. The third-order valence-corrected chi connectivity index (χ3v) is 4.31. The zero-order chi connectivity index (χ0) is 20.3. The minimum absolute atomic E-state index is 0.189. The van der Waals surface area contributed by atoms with Crippen molar-refractivity contribution < 1.29 is 23.9 Å². The average molecular weight is 401 g/mol. The zero-order valence-electron chi connectivity index (χ0n) is 15.2. The molecule has 2 aromatic rings. The molecule has 2 aromatic carbocycles. The summed E-state index contributed by atoms with van der Waals surface area (Å²) in [6, 6.07) is 10.5. The molecule has 0 bridgehead atoms. The molecule has 8 heteroatoms. The molecule has 1 aliphatic heterocycles. The van der Waals surface area contributed by atoms with Crippen LogP contribution in [0.1, 0.15) is 12.5 Å². The quantitative estimate of drug-likeness (QED) is 0.614. The van der Waals surface area contributed by atoms with Crippen LogP contribution in [0.15, 0.2) is 48.0 Å². The van der Waals surface area contributed by atoms with E-state index >= 15 is 0 Å². The summed E-state index contributed by atoms with van der Waals surface area (Å²) in [6.45, 7) is 2.31. The Bertz CT molecular complexity index is 986. The van der Waals surface area contributed by atoms with Crippen molar-refractivity contribution >= 4 is 41.2 Å². The molecule has 7 nitrogen and oxygen atoms in total. The molecule has 0 saturated carbocycles. The van der Waals surface area contributed by atoms with E-state index in [0.29, 0.717) is 23.7 Å². The molecule has 1 aliphatic rings. The third kappa shape index (κ3) is 3.70. The topological polar surface area (TPSA) is 84.9 Å². The van der Waals surface area contributed by atoms with E-state index in [1.54, 1.807) is 36.4 Å². The van der Waals surface area contributed by atoms with E-state index in [1.165, 1.54) is 19.3 Å². The predicted molar refractivity (Wildman–Crippen MR) is 105 cm³/mol. The molecule has 0 aliphatic carbocycles. The molecule has 1 fully saturated rings. The monoisotopic (exact) mass is 400 g/mol. The van der Waals surface area contributed by atoms with Gasteiger partial charge in [0.15, 0.2) is 11.5 Å². The SMILES string of the molecule is CCOc1ccc(/C=C2\C(=O)NC(=O)N(c3ccccc3Cl)C2=O)cc1OC. The first-order valence-corrected chi connectivity index (χ1v) is 8.81. The zero-order valence-corrected chi connectivity index (χ0v) is 15.9. The predicted octanol–water partition coefficient (Wildman–Crippen LogP) is 3.41. The Labute approximate surface area is 166 Å². The summed E-state index contributed by atoms with van der Waals surface area (Å²) in [5, 5.41) is 2.37. The summed E-state index contributed by atoms with van der Waals surface area (Å²) in [5.41, 5.74) is 0.521. The van der Waals surface area contributed by atoms with Crippen LogP contribution in [0.5, 0.6) is 11.5 Å². The first kappa shape index (κ1) is 19.4. The maximum Gasteiger partial charge on any atom is 0.335 e. The van der Waals surface area contributed by atoms with Crippen molar-refractivity contribution in [1.29, 1.82) is 0 Å². The number of carbonyl (C=O) groups excluding carboxylic acids is 3. The summed E-state index contributed by atoms with van der Waals surface area (Å²) in [5.74, 6) is -0.556. The molecule has 28 heavy (non-hydrogen) atoms. The highest BCUT2D eigenvalue weighted by molar-refractivity contribution is 6.42. The van der Waals surface area contributed by atoms with Gasteiger partial charge in [0, 0.05) is 0 Å². The number of carbonyl (C=O) groups is 3. The second-order valence-electron chi connectivity index (χ2n) is 5.75. The summed E-state index contributed by atoms with van der Waals surface area (Å²) >= 11 is 6.11. The summed E-state index contributed by atoms with van der Waals surface area (Å²) in [7, 11) is 1.49. The van der Waals surface area contributed by atoms with Gasteiger partial charge in [-0.3, -0.25) is 14.9 Å². The number of benzene rings is 2. The summed E-state index contributed by atoms with van der Waals surface area (Å²) in [4.78, 5) is 38.2. The number of nitrogens with one attached hydrogen (secondary N) is 1. The molecule has 1 saturated heterocycles. The van der Waals surface area contributed by atoms with E-state index in [2.05, 4.69) is 5.32 Å². The number of barbiturate groups is 1. The number of halogens is 1. The van der Waals surface area contributed by atoms with Crippen molar-refractivity contribution in [2.24, 2.45) is 0 Å². The average Bonchev–Trinajstić information content (AvgIpc) is 2.67. The number of amides is 4. The second-order valence-corrected chi connectivity index (χ2v) is 6.16. The Balaban J connectivity index is 2.01. The Kier molecular flexibility index (Phi) is 5.65. The number of rotatable bonds is 5. The molecule has 1 heterocycles. The second kappa shape index (κ2) is 8.14. The van der Waals surface area contributed by atoms with E-state index in [-0.39, 0.29) is 16.3 Å². The number of hydrogen-bond donors (Lipinski definition) is 1. The Morgan fingerprint density at radius 2 is 1.86 bits per heavy atom. The van der Waals surface area contributed by atoms with Crippen LogP contribution in [-0.2, 0) is 9.59 Å². The molecule has 0 unspecified atom stereocenters.